The molecule has 2 heterocycles. The van der Waals surface area contributed by atoms with E-state index in [1.807, 2.05) is 0 Å². The van der Waals surface area contributed by atoms with Crippen molar-refractivity contribution in [2.45, 2.75) is 51.2 Å². The lowest BCUT2D eigenvalue weighted by Gasteiger charge is -2.38. The molecule has 8 heteroatoms. The first-order valence-corrected chi connectivity index (χ1v) is 8.97. The van der Waals surface area contributed by atoms with Gasteiger partial charge in [0, 0.05) is 32.3 Å². The molecule has 2 saturated heterocycles. The molecular weight excluding hydrogens is 328 g/mol. The van der Waals surface area contributed by atoms with Gasteiger partial charge in [-0.05, 0) is 32.6 Å². The predicted octanol–water partition coefficient (Wildman–Crippen LogP) is 1.18. The highest BCUT2D eigenvalue weighted by Crippen LogP contribution is 2.22. The van der Waals surface area contributed by atoms with Gasteiger partial charge in [-0.25, -0.2) is 4.79 Å². The van der Waals surface area contributed by atoms with Crippen molar-refractivity contribution < 1.29 is 28.6 Å². The van der Waals surface area contributed by atoms with Gasteiger partial charge in [0.25, 0.3) is 5.91 Å². The van der Waals surface area contributed by atoms with E-state index >= 15 is 0 Å². The maximum atomic E-state index is 12.8. The summed E-state index contributed by atoms with van der Waals surface area (Å²) in [4.78, 5) is 39.5. The summed E-state index contributed by atoms with van der Waals surface area (Å²) in [5, 5.41) is 0. The Morgan fingerprint density at radius 2 is 1.92 bits per heavy atom. The van der Waals surface area contributed by atoms with E-state index in [0.29, 0.717) is 45.7 Å². The van der Waals surface area contributed by atoms with Crippen molar-refractivity contribution in [3.63, 3.8) is 0 Å². The quantitative estimate of drug-likeness (QED) is 0.664. The third-order valence-electron chi connectivity index (χ3n) is 4.70. The number of esters is 1. The first kappa shape index (κ1) is 19.5. The van der Waals surface area contributed by atoms with E-state index in [-0.39, 0.29) is 30.4 Å². The molecular formula is C17H28N2O6. The number of piperidine rings is 1. The van der Waals surface area contributed by atoms with Crippen LogP contribution in [0.2, 0.25) is 0 Å². The lowest BCUT2D eigenvalue weighted by Crippen LogP contribution is -2.51. The van der Waals surface area contributed by atoms with Crippen LogP contribution in [0.25, 0.3) is 0 Å². The van der Waals surface area contributed by atoms with E-state index < -0.39 is 6.10 Å². The second-order valence-electron chi connectivity index (χ2n) is 6.28. The standard InChI is InChI=1S/C17H28N2O6/c1-3-24-17(22)18-9-6-13(7-10-18)19(11-8-15(20)23-2)16(21)14-5-4-12-25-14/h13-14H,3-12H2,1-2H3. The zero-order chi connectivity index (χ0) is 18.2. The predicted molar refractivity (Wildman–Crippen MR) is 88.9 cm³/mol. The number of nitrogens with zero attached hydrogens (tertiary/aromatic N) is 2. The number of hydrogen-bond donors (Lipinski definition) is 0. The van der Waals surface area contributed by atoms with Crippen LogP contribution in [0.15, 0.2) is 0 Å². The number of hydrogen-bond acceptors (Lipinski definition) is 6. The van der Waals surface area contributed by atoms with Crippen LogP contribution < -0.4 is 0 Å². The molecule has 2 aliphatic heterocycles. The molecule has 25 heavy (non-hydrogen) atoms. The topological polar surface area (TPSA) is 85.4 Å². The van der Waals surface area contributed by atoms with Crippen LogP contribution in [-0.2, 0) is 23.8 Å². The molecule has 0 aromatic carbocycles. The minimum absolute atomic E-state index is 0.00738. The number of likely N-dealkylation sites (tertiary alicyclic amines) is 1. The van der Waals surface area contributed by atoms with E-state index in [1.54, 1.807) is 16.7 Å². The van der Waals surface area contributed by atoms with Gasteiger partial charge < -0.3 is 24.0 Å². The molecule has 0 aromatic heterocycles. The normalized spacial score (nSPS) is 21.0. The van der Waals surface area contributed by atoms with E-state index in [1.165, 1.54) is 7.11 Å². The SMILES string of the molecule is CCOC(=O)N1CCC(N(CCC(=O)OC)C(=O)C2CCCO2)CC1. The van der Waals surface area contributed by atoms with Gasteiger partial charge in [0.15, 0.2) is 0 Å². The molecule has 0 aromatic rings. The summed E-state index contributed by atoms with van der Waals surface area (Å²) in [5.74, 6) is -0.398. The van der Waals surface area contributed by atoms with Gasteiger partial charge in [0.1, 0.15) is 6.10 Å². The molecule has 2 aliphatic rings. The minimum atomic E-state index is -0.416. The van der Waals surface area contributed by atoms with Crippen molar-refractivity contribution in [1.82, 2.24) is 9.80 Å². The van der Waals surface area contributed by atoms with Crippen LogP contribution in [0.4, 0.5) is 4.79 Å². The Morgan fingerprint density at radius 1 is 1.20 bits per heavy atom. The summed E-state index contributed by atoms with van der Waals surface area (Å²) in [6.07, 6.45) is 2.36. The zero-order valence-electron chi connectivity index (χ0n) is 15.1. The Bertz CT molecular complexity index is 470. The van der Waals surface area contributed by atoms with Crippen molar-refractivity contribution in [3.05, 3.63) is 0 Å². The maximum Gasteiger partial charge on any atom is 0.409 e. The van der Waals surface area contributed by atoms with Crippen molar-refractivity contribution in [2.75, 3.05) is 40.0 Å². The van der Waals surface area contributed by atoms with E-state index in [2.05, 4.69) is 0 Å². The fourth-order valence-corrected chi connectivity index (χ4v) is 3.32. The fraction of sp³-hybridized carbons (Fsp3) is 0.824. The second kappa shape index (κ2) is 9.60. The Labute approximate surface area is 148 Å². The van der Waals surface area contributed by atoms with Crippen LogP contribution in [0.5, 0.6) is 0 Å². The summed E-state index contributed by atoms with van der Waals surface area (Å²) in [6, 6.07) is -0.00738. The first-order valence-electron chi connectivity index (χ1n) is 8.97. The Kier molecular flexibility index (Phi) is 7.49. The molecule has 142 valence electrons. The number of rotatable bonds is 6. The highest BCUT2D eigenvalue weighted by atomic mass is 16.6. The Morgan fingerprint density at radius 3 is 2.48 bits per heavy atom. The molecule has 8 nitrogen and oxygen atoms in total. The molecule has 2 amide bonds. The number of methoxy groups -OCH3 is 1. The first-order chi connectivity index (χ1) is 12.1. The van der Waals surface area contributed by atoms with Crippen LogP contribution in [-0.4, -0.2) is 79.9 Å². The van der Waals surface area contributed by atoms with Gasteiger partial charge in [-0.15, -0.1) is 0 Å². The average molecular weight is 356 g/mol. The van der Waals surface area contributed by atoms with E-state index in [4.69, 9.17) is 14.2 Å². The van der Waals surface area contributed by atoms with Crippen molar-refractivity contribution in [2.24, 2.45) is 0 Å². The molecule has 0 bridgehead atoms. The number of carbonyl (C=O) groups excluding carboxylic acids is 3. The average Bonchev–Trinajstić information content (AvgIpc) is 3.17. The summed E-state index contributed by atoms with van der Waals surface area (Å²) in [5.41, 5.74) is 0. The molecule has 0 saturated carbocycles. The molecule has 0 aliphatic carbocycles. The number of amides is 2. The summed E-state index contributed by atoms with van der Waals surface area (Å²) in [6.45, 7) is 4.12. The third-order valence-corrected chi connectivity index (χ3v) is 4.70. The van der Waals surface area contributed by atoms with Gasteiger partial charge in [0.2, 0.25) is 0 Å². The van der Waals surface area contributed by atoms with Crippen molar-refractivity contribution in [1.29, 1.82) is 0 Å². The van der Waals surface area contributed by atoms with Crippen LogP contribution in [0.3, 0.4) is 0 Å². The van der Waals surface area contributed by atoms with E-state index in [9.17, 15) is 14.4 Å². The molecule has 1 atom stereocenters. The fourth-order valence-electron chi connectivity index (χ4n) is 3.32. The minimum Gasteiger partial charge on any atom is -0.469 e. The van der Waals surface area contributed by atoms with Crippen LogP contribution >= 0.6 is 0 Å². The third kappa shape index (κ3) is 5.32. The molecule has 0 spiro atoms. The summed E-state index contributed by atoms with van der Waals surface area (Å²) in [7, 11) is 1.34. The van der Waals surface area contributed by atoms with Gasteiger partial charge in [-0.3, -0.25) is 9.59 Å². The van der Waals surface area contributed by atoms with Crippen molar-refractivity contribution >= 4 is 18.0 Å². The molecule has 0 radical (unpaired) electrons. The highest BCUT2D eigenvalue weighted by Gasteiger charge is 2.35. The van der Waals surface area contributed by atoms with Gasteiger partial charge in [-0.1, -0.05) is 0 Å². The van der Waals surface area contributed by atoms with E-state index in [0.717, 1.165) is 12.8 Å². The lowest BCUT2D eigenvalue weighted by molar-refractivity contribution is -0.147. The van der Waals surface area contributed by atoms with Crippen LogP contribution in [0.1, 0.15) is 39.0 Å². The zero-order valence-corrected chi connectivity index (χ0v) is 15.1. The maximum absolute atomic E-state index is 12.8. The molecule has 2 rings (SSSR count). The monoisotopic (exact) mass is 356 g/mol. The lowest BCUT2D eigenvalue weighted by atomic mass is 10.0. The Balaban J connectivity index is 1.96. The van der Waals surface area contributed by atoms with Crippen LogP contribution in [0, 0.1) is 0 Å². The highest BCUT2D eigenvalue weighted by molar-refractivity contribution is 5.82. The molecule has 0 N–H and O–H groups in total. The smallest absolute Gasteiger partial charge is 0.409 e. The summed E-state index contributed by atoms with van der Waals surface area (Å²) < 4.78 is 15.2. The second-order valence-corrected chi connectivity index (χ2v) is 6.28. The van der Waals surface area contributed by atoms with Crippen molar-refractivity contribution in [3.8, 4) is 0 Å². The Hall–Kier alpha value is -1.83. The van der Waals surface area contributed by atoms with Gasteiger partial charge in [-0.2, -0.15) is 0 Å². The molecule has 2 fully saturated rings. The number of ether oxygens (including phenoxy) is 3. The molecule has 1 unspecified atom stereocenters. The van der Waals surface area contributed by atoms with Gasteiger partial charge in [0.05, 0.1) is 20.1 Å². The summed E-state index contributed by atoms with van der Waals surface area (Å²) >= 11 is 0. The largest absolute Gasteiger partial charge is 0.469 e. The number of carbonyl (C=O) groups is 3. The van der Waals surface area contributed by atoms with Gasteiger partial charge >= 0.3 is 12.1 Å².